The number of nitrogens with one attached hydrogen (secondary N) is 2. The Hall–Kier alpha value is -2.50. The Balaban J connectivity index is 1.56. The number of rotatable bonds is 6. The molecule has 0 aliphatic carbocycles. The number of aliphatic imine (C=N–C) groups is 1. The third-order valence-electron chi connectivity index (χ3n) is 5.29. The summed E-state index contributed by atoms with van der Waals surface area (Å²) in [5, 5.41) is 11.5. The molecule has 1 fully saturated rings. The third kappa shape index (κ3) is 4.81. The SMILES string of the molecule is CCNC(=NCCc1c(C)nn(C)c1C)NC1CCN(c2ccccc2)C1. The van der Waals surface area contributed by atoms with E-state index in [0.717, 1.165) is 50.7 Å². The molecule has 2 N–H and O–H groups in total. The summed E-state index contributed by atoms with van der Waals surface area (Å²) < 4.78 is 1.95. The van der Waals surface area contributed by atoms with Crippen LogP contribution in [0.5, 0.6) is 0 Å². The van der Waals surface area contributed by atoms with Crippen molar-refractivity contribution in [2.75, 3.05) is 31.1 Å². The Bertz CT molecular complexity index is 764. The van der Waals surface area contributed by atoms with Crippen molar-refractivity contribution < 1.29 is 0 Å². The molecular weight excluding hydrogens is 336 g/mol. The predicted molar refractivity (Wildman–Crippen MR) is 113 cm³/mol. The lowest BCUT2D eigenvalue weighted by Crippen LogP contribution is -2.44. The zero-order chi connectivity index (χ0) is 19.2. The highest BCUT2D eigenvalue weighted by Crippen LogP contribution is 2.19. The molecule has 146 valence electrons. The maximum Gasteiger partial charge on any atom is 0.191 e. The summed E-state index contributed by atoms with van der Waals surface area (Å²) in [6.07, 6.45) is 2.04. The minimum absolute atomic E-state index is 0.421. The van der Waals surface area contributed by atoms with Crippen molar-refractivity contribution in [2.24, 2.45) is 12.0 Å². The summed E-state index contributed by atoms with van der Waals surface area (Å²) in [5.41, 5.74) is 4.95. The molecule has 3 rings (SSSR count). The fourth-order valence-corrected chi connectivity index (χ4v) is 3.72. The highest BCUT2D eigenvalue weighted by Gasteiger charge is 2.23. The number of hydrogen-bond acceptors (Lipinski definition) is 3. The summed E-state index contributed by atoms with van der Waals surface area (Å²) >= 11 is 0. The van der Waals surface area contributed by atoms with Crippen LogP contribution in [-0.2, 0) is 13.5 Å². The number of guanidine groups is 1. The van der Waals surface area contributed by atoms with Crippen molar-refractivity contribution in [1.82, 2.24) is 20.4 Å². The standard InChI is InChI=1S/C21H32N6/c1-5-22-21(23-13-11-20-16(2)25-26(4)17(20)3)24-18-12-14-27(15-18)19-9-7-6-8-10-19/h6-10,18H,5,11-15H2,1-4H3,(H2,22,23,24). The molecule has 1 saturated heterocycles. The molecule has 0 spiro atoms. The van der Waals surface area contributed by atoms with Crippen molar-refractivity contribution in [3.63, 3.8) is 0 Å². The molecule has 6 heteroatoms. The van der Waals surface area contributed by atoms with E-state index in [1.54, 1.807) is 0 Å². The average Bonchev–Trinajstić information content (AvgIpc) is 3.22. The first-order valence-corrected chi connectivity index (χ1v) is 9.92. The summed E-state index contributed by atoms with van der Waals surface area (Å²) in [7, 11) is 2.00. The second-order valence-electron chi connectivity index (χ2n) is 7.20. The van der Waals surface area contributed by atoms with Crippen LogP contribution in [0.1, 0.15) is 30.3 Å². The van der Waals surface area contributed by atoms with Gasteiger partial charge in [0.1, 0.15) is 0 Å². The van der Waals surface area contributed by atoms with Gasteiger partial charge in [-0.15, -0.1) is 0 Å². The van der Waals surface area contributed by atoms with Crippen LogP contribution in [0.2, 0.25) is 0 Å². The first-order valence-electron chi connectivity index (χ1n) is 9.92. The first kappa shape index (κ1) is 19.3. The second-order valence-corrected chi connectivity index (χ2v) is 7.20. The number of anilines is 1. The van der Waals surface area contributed by atoms with E-state index in [2.05, 4.69) is 71.7 Å². The minimum Gasteiger partial charge on any atom is -0.369 e. The van der Waals surface area contributed by atoms with Gasteiger partial charge in [0.05, 0.1) is 5.69 Å². The van der Waals surface area contributed by atoms with Crippen molar-refractivity contribution in [2.45, 2.75) is 39.7 Å². The van der Waals surface area contributed by atoms with Gasteiger partial charge in [0.25, 0.3) is 0 Å². The molecule has 0 saturated carbocycles. The van der Waals surface area contributed by atoms with E-state index in [1.165, 1.54) is 16.9 Å². The molecule has 0 radical (unpaired) electrons. The normalized spacial score (nSPS) is 17.4. The van der Waals surface area contributed by atoms with Crippen LogP contribution >= 0.6 is 0 Å². The summed E-state index contributed by atoms with van der Waals surface area (Å²) in [6, 6.07) is 11.1. The van der Waals surface area contributed by atoms with E-state index >= 15 is 0 Å². The van der Waals surface area contributed by atoms with Crippen LogP contribution in [0.3, 0.4) is 0 Å². The van der Waals surface area contributed by atoms with Crippen molar-refractivity contribution in [1.29, 1.82) is 0 Å². The molecule has 2 heterocycles. The predicted octanol–water partition coefficient (Wildman–Crippen LogP) is 2.41. The molecule has 1 aliphatic rings. The lowest BCUT2D eigenvalue weighted by molar-refractivity contribution is 0.649. The van der Waals surface area contributed by atoms with Crippen LogP contribution in [0.15, 0.2) is 35.3 Å². The molecule has 1 aliphatic heterocycles. The number of aryl methyl sites for hydroxylation is 2. The fraction of sp³-hybridized carbons (Fsp3) is 0.524. The fourth-order valence-electron chi connectivity index (χ4n) is 3.72. The molecule has 1 unspecified atom stereocenters. The largest absolute Gasteiger partial charge is 0.369 e. The minimum atomic E-state index is 0.421. The Labute approximate surface area is 162 Å². The van der Waals surface area contributed by atoms with Gasteiger partial charge in [-0.05, 0) is 51.3 Å². The van der Waals surface area contributed by atoms with Gasteiger partial charge in [-0.3, -0.25) is 9.67 Å². The Kier molecular flexibility index (Phi) is 6.37. The molecule has 27 heavy (non-hydrogen) atoms. The highest BCUT2D eigenvalue weighted by atomic mass is 15.3. The average molecular weight is 369 g/mol. The zero-order valence-electron chi connectivity index (χ0n) is 17.0. The molecule has 6 nitrogen and oxygen atoms in total. The number of aromatic nitrogens is 2. The van der Waals surface area contributed by atoms with E-state index < -0.39 is 0 Å². The van der Waals surface area contributed by atoms with Gasteiger partial charge < -0.3 is 15.5 Å². The molecular formula is C21H32N6. The van der Waals surface area contributed by atoms with Crippen molar-refractivity contribution >= 4 is 11.6 Å². The summed E-state index contributed by atoms with van der Waals surface area (Å²) in [5.74, 6) is 0.914. The van der Waals surface area contributed by atoms with Gasteiger partial charge in [-0.25, -0.2) is 0 Å². The topological polar surface area (TPSA) is 57.5 Å². The van der Waals surface area contributed by atoms with Crippen LogP contribution in [0.25, 0.3) is 0 Å². The molecule has 2 aromatic rings. The lowest BCUT2D eigenvalue weighted by Gasteiger charge is -2.20. The second kappa shape index (κ2) is 8.93. The number of hydrogen-bond donors (Lipinski definition) is 2. The summed E-state index contributed by atoms with van der Waals surface area (Å²) in [4.78, 5) is 7.23. The van der Waals surface area contributed by atoms with Crippen molar-refractivity contribution in [3.05, 3.63) is 47.3 Å². The molecule has 1 atom stereocenters. The summed E-state index contributed by atoms with van der Waals surface area (Å²) in [6.45, 7) is 10.0. The van der Waals surface area contributed by atoms with Crippen LogP contribution in [-0.4, -0.2) is 48.0 Å². The van der Waals surface area contributed by atoms with Gasteiger partial charge in [-0.1, -0.05) is 18.2 Å². The van der Waals surface area contributed by atoms with E-state index in [1.807, 2.05) is 11.7 Å². The van der Waals surface area contributed by atoms with Gasteiger partial charge in [0.15, 0.2) is 5.96 Å². The van der Waals surface area contributed by atoms with E-state index in [0.29, 0.717) is 6.04 Å². The quantitative estimate of drug-likeness (QED) is 0.607. The van der Waals surface area contributed by atoms with E-state index in [-0.39, 0.29) is 0 Å². The van der Waals surface area contributed by atoms with Gasteiger partial charge >= 0.3 is 0 Å². The monoisotopic (exact) mass is 368 g/mol. The number of para-hydroxylation sites is 1. The van der Waals surface area contributed by atoms with E-state index in [4.69, 9.17) is 4.99 Å². The highest BCUT2D eigenvalue weighted by molar-refractivity contribution is 5.80. The molecule has 0 bridgehead atoms. The molecule has 1 aromatic carbocycles. The Morgan fingerprint density at radius 2 is 2.04 bits per heavy atom. The zero-order valence-corrected chi connectivity index (χ0v) is 17.0. The maximum absolute atomic E-state index is 4.80. The van der Waals surface area contributed by atoms with Crippen LogP contribution in [0.4, 0.5) is 5.69 Å². The smallest absolute Gasteiger partial charge is 0.191 e. The molecule has 1 aromatic heterocycles. The maximum atomic E-state index is 4.80. The Morgan fingerprint density at radius 3 is 2.70 bits per heavy atom. The number of benzene rings is 1. The molecule has 0 amide bonds. The first-order chi connectivity index (χ1) is 13.1. The lowest BCUT2D eigenvalue weighted by atomic mass is 10.1. The van der Waals surface area contributed by atoms with Crippen LogP contribution in [0, 0.1) is 13.8 Å². The Morgan fingerprint density at radius 1 is 1.26 bits per heavy atom. The van der Waals surface area contributed by atoms with Crippen molar-refractivity contribution in [3.8, 4) is 0 Å². The van der Waals surface area contributed by atoms with Gasteiger partial charge in [0, 0.05) is 50.6 Å². The van der Waals surface area contributed by atoms with Gasteiger partial charge in [0.2, 0.25) is 0 Å². The third-order valence-corrected chi connectivity index (χ3v) is 5.29. The van der Waals surface area contributed by atoms with E-state index in [9.17, 15) is 0 Å². The number of nitrogens with zero attached hydrogens (tertiary/aromatic N) is 4. The van der Waals surface area contributed by atoms with Gasteiger partial charge in [-0.2, -0.15) is 5.10 Å². The van der Waals surface area contributed by atoms with Crippen LogP contribution < -0.4 is 15.5 Å².